The highest BCUT2D eigenvalue weighted by Crippen LogP contribution is 2.33. The van der Waals surface area contributed by atoms with Crippen LogP contribution in [0.1, 0.15) is 47.6 Å². The zero-order valence-corrected chi connectivity index (χ0v) is 21.3. The van der Waals surface area contributed by atoms with E-state index >= 15 is 0 Å². The van der Waals surface area contributed by atoms with Crippen LogP contribution < -0.4 is 5.32 Å². The molecular weight excluding hydrogens is 530 g/mol. The highest BCUT2D eigenvalue weighted by atomic mass is 32.2. The summed E-state index contributed by atoms with van der Waals surface area (Å²) < 4.78 is 99.8. The van der Waals surface area contributed by atoms with Gasteiger partial charge in [-0.2, -0.15) is 13.2 Å². The Morgan fingerprint density at radius 1 is 0.947 bits per heavy atom. The molecule has 0 spiro atoms. The SMILES string of the molecule is Cc1nc(Cc2ccc3c(c2)CS(=O)(=O)C3)ccc1C(C)(F)F.Fc1ccc2c(c1)NC(C(F)(F)F)=CC2.[HH]. The molecule has 0 atom stereocenters. The Labute approximate surface area is 217 Å². The Morgan fingerprint density at radius 3 is 2.29 bits per heavy atom. The molecule has 2 aromatic carbocycles. The number of nitrogens with zero attached hydrogens (tertiary/aromatic N) is 1. The van der Waals surface area contributed by atoms with E-state index in [0.717, 1.165) is 35.8 Å². The Kier molecular flexibility index (Phi) is 7.35. The highest BCUT2D eigenvalue weighted by molar-refractivity contribution is 7.90. The standard InChI is InChI=1S/C17H17F2NO2S.C10H7F4N.H2/c1-11-16(17(2,18)19)6-5-15(20-11)8-12-3-4-13-9-23(21,22)10-14(13)7-12;11-7-3-1-6-2-4-9(10(12,13)14)15-8(6)5-7;/h3-7H,8-10H2,1-2H3;1,3-5,15H,2H2;1H. The lowest BCUT2D eigenvalue weighted by molar-refractivity contribution is -0.0906. The van der Waals surface area contributed by atoms with Crippen molar-refractivity contribution in [3.8, 4) is 0 Å². The minimum absolute atomic E-state index is 0. The molecule has 0 saturated carbocycles. The van der Waals surface area contributed by atoms with Gasteiger partial charge in [0.25, 0.3) is 5.92 Å². The third-order valence-corrected chi connectivity index (χ3v) is 7.70. The number of fused-ring (bicyclic) bond motifs is 2. The third kappa shape index (κ3) is 6.56. The van der Waals surface area contributed by atoms with Gasteiger partial charge < -0.3 is 5.32 Å². The molecule has 0 fully saturated rings. The maximum absolute atomic E-state index is 13.4. The summed E-state index contributed by atoms with van der Waals surface area (Å²) in [4.78, 5) is 4.26. The van der Waals surface area contributed by atoms with E-state index in [4.69, 9.17) is 0 Å². The summed E-state index contributed by atoms with van der Waals surface area (Å²) in [6.45, 7) is 2.43. The molecule has 0 radical (unpaired) electrons. The van der Waals surface area contributed by atoms with Crippen LogP contribution in [0.2, 0.25) is 0 Å². The smallest absolute Gasteiger partial charge is 0.351 e. The van der Waals surface area contributed by atoms with E-state index < -0.39 is 33.5 Å². The predicted octanol–water partition coefficient (Wildman–Crippen LogP) is 7.01. The second kappa shape index (κ2) is 10.1. The Hall–Kier alpha value is -3.34. The molecule has 1 N–H and O–H groups in total. The summed E-state index contributed by atoms with van der Waals surface area (Å²) >= 11 is 0. The predicted molar refractivity (Wildman–Crippen MR) is 134 cm³/mol. The van der Waals surface area contributed by atoms with Gasteiger partial charge in [0.2, 0.25) is 0 Å². The summed E-state index contributed by atoms with van der Waals surface area (Å²) in [5.41, 5.74) is 3.56. The number of nitrogens with one attached hydrogen (secondary N) is 1. The number of sulfone groups is 1. The van der Waals surface area contributed by atoms with Gasteiger partial charge in [-0.15, -0.1) is 0 Å². The van der Waals surface area contributed by atoms with E-state index in [9.17, 15) is 34.8 Å². The molecule has 1 aromatic heterocycles. The number of allylic oxidation sites excluding steroid dienone is 2. The van der Waals surface area contributed by atoms with Gasteiger partial charge in [0.1, 0.15) is 11.5 Å². The zero-order chi connectivity index (χ0) is 27.9. The quantitative estimate of drug-likeness (QED) is 0.353. The number of aromatic nitrogens is 1. The second-order valence-electron chi connectivity index (χ2n) is 9.38. The molecule has 4 nitrogen and oxygen atoms in total. The van der Waals surface area contributed by atoms with Crippen LogP contribution in [0.5, 0.6) is 0 Å². The molecule has 2 aliphatic rings. The highest BCUT2D eigenvalue weighted by Gasteiger charge is 2.35. The monoisotopic (exact) mass is 556 g/mol. The van der Waals surface area contributed by atoms with E-state index in [-0.39, 0.29) is 30.6 Å². The van der Waals surface area contributed by atoms with Crippen LogP contribution in [0.4, 0.5) is 32.0 Å². The van der Waals surface area contributed by atoms with Crippen molar-refractivity contribution in [1.82, 2.24) is 4.98 Å². The molecule has 5 rings (SSSR count). The largest absolute Gasteiger partial charge is 0.430 e. The number of rotatable bonds is 3. The van der Waals surface area contributed by atoms with Crippen LogP contribution in [0.3, 0.4) is 0 Å². The number of hydrogen-bond acceptors (Lipinski definition) is 4. The average Bonchev–Trinajstić information content (AvgIpc) is 3.10. The summed E-state index contributed by atoms with van der Waals surface area (Å²) in [5, 5.41) is 2.17. The fourth-order valence-corrected chi connectivity index (χ4v) is 6.01. The lowest BCUT2D eigenvalue weighted by Crippen LogP contribution is -2.22. The van der Waals surface area contributed by atoms with Crippen LogP contribution in [0, 0.1) is 12.7 Å². The number of benzene rings is 2. The topological polar surface area (TPSA) is 59.1 Å². The van der Waals surface area contributed by atoms with Crippen LogP contribution >= 0.6 is 0 Å². The van der Waals surface area contributed by atoms with Crippen LogP contribution in [0.25, 0.3) is 0 Å². The van der Waals surface area contributed by atoms with E-state index in [1.54, 1.807) is 13.0 Å². The number of pyridine rings is 1. The minimum Gasteiger partial charge on any atom is -0.351 e. The summed E-state index contributed by atoms with van der Waals surface area (Å²) in [6.07, 6.45) is -2.70. The molecule has 0 aliphatic carbocycles. The van der Waals surface area contributed by atoms with Crippen LogP contribution in [-0.4, -0.2) is 19.6 Å². The molecule has 38 heavy (non-hydrogen) atoms. The summed E-state index contributed by atoms with van der Waals surface area (Å²) in [7, 11) is -3.02. The first kappa shape index (κ1) is 27.7. The molecule has 0 saturated heterocycles. The Balaban J connectivity index is 0.000000228. The summed E-state index contributed by atoms with van der Waals surface area (Å²) in [6, 6.07) is 12.4. The zero-order valence-electron chi connectivity index (χ0n) is 20.5. The molecule has 204 valence electrons. The lowest BCUT2D eigenvalue weighted by Gasteiger charge is -2.20. The summed E-state index contributed by atoms with van der Waals surface area (Å²) in [5.74, 6) is -3.29. The van der Waals surface area contributed by atoms with Crippen molar-refractivity contribution in [2.45, 2.75) is 50.3 Å². The van der Waals surface area contributed by atoms with Crippen LogP contribution in [0.15, 0.2) is 60.3 Å². The first-order chi connectivity index (χ1) is 17.6. The van der Waals surface area contributed by atoms with Gasteiger partial charge >= 0.3 is 6.18 Å². The van der Waals surface area contributed by atoms with Gasteiger partial charge in [-0.3, -0.25) is 4.98 Å². The van der Waals surface area contributed by atoms with E-state index in [1.807, 2.05) is 18.2 Å². The number of anilines is 1. The fraction of sp³-hybridized carbons (Fsp3) is 0.296. The van der Waals surface area contributed by atoms with Gasteiger partial charge in [-0.1, -0.05) is 30.3 Å². The molecule has 0 unspecified atom stereocenters. The maximum atomic E-state index is 13.4. The molecule has 3 heterocycles. The van der Waals surface area contributed by atoms with E-state index in [1.165, 1.54) is 18.2 Å². The Bertz CT molecular complexity index is 1520. The van der Waals surface area contributed by atoms with Crippen molar-refractivity contribution < 1.29 is 36.2 Å². The van der Waals surface area contributed by atoms with Crippen molar-refractivity contribution in [2.24, 2.45) is 0 Å². The van der Waals surface area contributed by atoms with Crippen molar-refractivity contribution in [3.05, 3.63) is 105 Å². The maximum Gasteiger partial charge on any atom is 0.430 e. The van der Waals surface area contributed by atoms with Crippen LogP contribution in [-0.2, 0) is 40.1 Å². The molecule has 3 aromatic rings. The molecule has 11 heteroatoms. The Morgan fingerprint density at radius 2 is 1.63 bits per heavy atom. The molecule has 0 amide bonds. The number of alkyl halides is 5. The average molecular weight is 557 g/mol. The number of halogens is 6. The first-order valence-electron chi connectivity index (χ1n) is 11.6. The second-order valence-corrected chi connectivity index (χ2v) is 11.4. The number of hydrogen-bond donors (Lipinski definition) is 1. The lowest BCUT2D eigenvalue weighted by atomic mass is 10.0. The van der Waals surface area contributed by atoms with Crippen molar-refractivity contribution in [3.63, 3.8) is 0 Å². The van der Waals surface area contributed by atoms with Gasteiger partial charge in [-0.05, 0) is 59.9 Å². The molecule has 0 bridgehead atoms. The number of aryl methyl sites for hydroxylation is 1. The van der Waals surface area contributed by atoms with E-state index in [0.29, 0.717) is 23.4 Å². The van der Waals surface area contributed by atoms with Gasteiger partial charge in [-0.25, -0.2) is 21.6 Å². The van der Waals surface area contributed by atoms with Gasteiger partial charge in [0.15, 0.2) is 9.84 Å². The van der Waals surface area contributed by atoms with E-state index in [2.05, 4.69) is 10.3 Å². The minimum atomic E-state index is -4.41. The van der Waals surface area contributed by atoms with Gasteiger partial charge in [0, 0.05) is 37.4 Å². The van der Waals surface area contributed by atoms with Crippen molar-refractivity contribution in [2.75, 3.05) is 5.32 Å². The normalized spacial score (nSPS) is 15.9. The van der Waals surface area contributed by atoms with Crippen molar-refractivity contribution >= 4 is 15.5 Å². The first-order valence-corrected chi connectivity index (χ1v) is 13.4. The van der Waals surface area contributed by atoms with Crippen molar-refractivity contribution in [1.29, 1.82) is 0 Å². The third-order valence-electron chi connectivity index (χ3n) is 6.20. The molecule has 2 aliphatic heterocycles. The molecular formula is C27H26F6N2O2S. The van der Waals surface area contributed by atoms with Gasteiger partial charge in [0.05, 0.1) is 11.5 Å². The fourth-order valence-electron chi connectivity index (χ4n) is 4.41.